The number of unbranched alkanes of at least 4 members (excludes halogenated alkanes) is 1. The summed E-state index contributed by atoms with van der Waals surface area (Å²) in [7, 11) is 0. The molecule has 0 saturated carbocycles. The van der Waals surface area contributed by atoms with Crippen molar-refractivity contribution in [2.75, 3.05) is 6.54 Å². The Morgan fingerprint density at radius 2 is 1.89 bits per heavy atom. The zero-order valence-corrected chi connectivity index (χ0v) is 17.3. The van der Waals surface area contributed by atoms with Crippen LogP contribution in [0.25, 0.3) is 0 Å². The summed E-state index contributed by atoms with van der Waals surface area (Å²) in [6, 6.07) is 7.15. The van der Waals surface area contributed by atoms with Crippen molar-refractivity contribution >= 4 is 40.2 Å². The predicted molar refractivity (Wildman–Crippen MR) is 110 cm³/mol. The number of rotatable bonds is 9. The molecule has 1 amide bonds. The van der Waals surface area contributed by atoms with Crippen LogP contribution in [-0.4, -0.2) is 22.4 Å². The van der Waals surface area contributed by atoms with Crippen LogP contribution in [0.5, 0.6) is 5.75 Å². The average Bonchev–Trinajstić information content (AvgIpc) is 3.30. The number of nitrogens with one attached hydrogen (secondary N) is 1. The summed E-state index contributed by atoms with van der Waals surface area (Å²) < 4.78 is 5.65. The molecule has 27 heavy (non-hydrogen) atoms. The zero-order chi connectivity index (χ0) is 19.1. The fraction of sp³-hybridized carbons (Fsp3) is 0.316. The summed E-state index contributed by atoms with van der Waals surface area (Å²) in [4.78, 5) is 21.0. The molecular weight excluding hydrogens is 402 g/mol. The molecule has 0 bridgehead atoms. The van der Waals surface area contributed by atoms with E-state index < -0.39 is 0 Å². The zero-order valence-electron chi connectivity index (χ0n) is 14.9. The summed E-state index contributed by atoms with van der Waals surface area (Å²) in [6.45, 7) is 2.97. The number of halogens is 1. The van der Waals surface area contributed by atoms with Crippen molar-refractivity contribution in [2.24, 2.45) is 0 Å². The van der Waals surface area contributed by atoms with Gasteiger partial charge in [-0.25, -0.2) is 9.97 Å². The van der Waals surface area contributed by atoms with Gasteiger partial charge in [0, 0.05) is 28.0 Å². The van der Waals surface area contributed by atoms with Crippen LogP contribution in [0.15, 0.2) is 35.0 Å². The van der Waals surface area contributed by atoms with Crippen LogP contribution < -0.4 is 10.1 Å². The van der Waals surface area contributed by atoms with Crippen molar-refractivity contribution in [3.05, 3.63) is 61.5 Å². The molecule has 3 aromatic rings. The highest BCUT2D eigenvalue weighted by atomic mass is 35.5. The number of carbonyl (C=O) groups is 1. The Morgan fingerprint density at radius 1 is 1.11 bits per heavy atom. The summed E-state index contributed by atoms with van der Waals surface area (Å²) in [5.74, 6) is 0.574. The van der Waals surface area contributed by atoms with Gasteiger partial charge in [-0.05, 0) is 50.5 Å². The van der Waals surface area contributed by atoms with Gasteiger partial charge in [-0.15, -0.1) is 22.7 Å². The van der Waals surface area contributed by atoms with E-state index in [0.717, 1.165) is 40.7 Å². The summed E-state index contributed by atoms with van der Waals surface area (Å²) in [6.07, 6.45) is 2.88. The first kappa shape index (κ1) is 19.8. The number of hydrogen-bond donors (Lipinski definition) is 1. The standard InChI is InChI=1S/C19H20ClN3O2S2/c1-13-11-26-17(22-13)4-2-3-9-21-19(24)16-12-27-18(23-16)10-25-15-7-5-14(20)6-8-15/h5-8,11-12H,2-4,9-10H2,1H3,(H,21,24). The Balaban J connectivity index is 1.37. The third kappa shape index (κ3) is 6.30. The fourth-order valence-electron chi connectivity index (χ4n) is 2.37. The van der Waals surface area contributed by atoms with Gasteiger partial charge in [0.15, 0.2) is 0 Å². The Labute approximate surface area is 171 Å². The molecule has 8 heteroatoms. The molecule has 0 spiro atoms. The number of aromatic nitrogens is 2. The van der Waals surface area contributed by atoms with Gasteiger partial charge in [-0.3, -0.25) is 4.79 Å². The quantitative estimate of drug-likeness (QED) is 0.499. The Hall–Kier alpha value is -1.96. The second kappa shape index (κ2) is 9.82. The lowest BCUT2D eigenvalue weighted by Gasteiger charge is -2.04. The minimum Gasteiger partial charge on any atom is -0.486 e. The maximum absolute atomic E-state index is 12.2. The van der Waals surface area contributed by atoms with Gasteiger partial charge in [-0.1, -0.05) is 11.6 Å². The number of benzene rings is 1. The molecule has 0 radical (unpaired) electrons. The topological polar surface area (TPSA) is 64.1 Å². The first-order valence-electron chi connectivity index (χ1n) is 8.62. The third-order valence-corrected chi connectivity index (χ3v) is 5.83. The van der Waals surface area contributed by atoms with Crippen LogP contribution in [0, 0.1) is 6.92 Å². The third-order valence-electron chi connectivity index (χ3n) is 3.73. The lowest BCUT2D eigenvalue weighted by molar-refractivity contribution is 0.0948. The second-order valence-electron chi connectivity index (χ2n) is 5.96. The van der Waals surface area contributed by atoms with Crippen LogP contribution in [0.3, 0.4) is 0 Å². The number of ether oxygens (including phenoxy) is 1. The fourth-order valence-corrected chi connectivity index (χ4v) is 4.00. The molecule has 3 rings (SSSR count). The lowest BCUT2D eigenvalue weighted by Crippen LogP contribution is -2.24. The molecule has 1 N–H and O–H groups in total. The maximum atomic E-state index is 12.2. The number of hydrogen-bond acceptors (Lipinski definition) is 6. The highest BCUT2D eigenvalue weighted by Crippen LogP contribution is 2.18. The van der Waals surface area contributed by atoms with E-state index in [1.165, 1.54) is 11.3 Å². The molecule has 2 heterocycles. The highest BCUT2D eigenvalue weighted by molar-refractivity contribution is 7.10. The van der Waals surface area contributed by atoms with E-state index in [-0.39, 0.29) is 5.91 Å². The number of amides is 1. The molecule has 0 atom stereocenters. The van der Waals surface area contributed by atoms with Crippen molar-refractivity contribution in [3.63, 3.8) is 0 Å². The van der Waals surface area contributed by atoms with E-state index >= 15 is 0 Å². The first-order chi connectivity index (χ1) is 13.1. The normalized spacial score (nSPS) is 10.7. The van der Waals surface area contributed by atoms with Crippen molar-refractivity contribution in [3.8, 4) is 5.75 Å². The van der Waals surface area contributed by atoms with E-state index in [9.17, 15) is 4.79 Å². The summed E-state index contributed by atoms with van der Waals surface area (Å²) in [5, 5.41) is 9.32. The number of thiazole rings is 2. The molecule has 0 saturated heterocycles. The molecule has 1 aromatic carbocycles. The molecule has 142 valence electrons. The predicted octanol–water partition coefficient (Wildman–Crippen LogP) is 4.89. The number of nitrogens with zero attached hydrogens (tertiary/aromatic N) is 2. The van der Waals surface area contributed by atoms with Crippen LogP contribution in [0.4, 0.5) is 0 Å². The van der Waals surface area contributed by atoms with Gasteiger partial charge in [-0.2, -0.15) is 0 Å². The van der Waals surface area contributed by atoms with E-state index in [2.05, 4.69) is 20.7 Å². The minimum absolute atomic E-state index is 0.144. The maximum Gasteiger partial charge on any atom is 0.270 e. The summed E-state index contributed by atoms with van der Waals surface area (Å²) >= 11 is 8.95. The average molecular weight is 422 g/mol. The number of carbonyl (C=O) groups excluding carboxylic acids is 1. The van der Waals surface area contributed by atoms with E-state index in [1.54, 1.807) is 41.0 Å². The first-order valence-corrected chi connectivity index (χ1v) is 10.8. The van der Waals surface area contributed by atoms with Crippen LogP contribution in [0.2, 0.25) is 5.02 Å². The van der Waals surface area contributed by atoms with Gasteiger partial charge < -0.3 is 10.1 Å². The lowest BCUT2D eigenvalue weighted by atomic mass is 10.2. The van der Waals surface area contributed by atoms with Gasteiger partial charge in [0.05, 0.1) is 5.01 Å². The largest absolute Gasteiger partial charge is 0.486 e. The van der Waals surface area contributed by atoms with E-state index in [0.29, 0.717) is 23.9 Å². The Kier molecular flexibility index (Phi) is 7.20. The molecule has 5 nitrogen and oxygen atoms in total. The van der Waals surface area contributed by atoms with Crippen molar-refractivity contribution in [1.82, 2.24) is 15.3 Å². The Bertz CT molecular complexity index is 877. The SMILES string of the molecule is Cc1csc(CCCCNC(=O)c2csc(COc3ccc(Cl)cc3)n2)n1. The Morgan fingerprint density at radius 3 is 2.63 bits per heavy atom. The van der Waals surface area contributed by atoms with Gasteiger partial charge in [0.25, 0.3) is 5.91 Å². The van der Waals surface area contributed by atoms with Crippen LogP contribution in [-0.2, 0) is 13.0 Å². The summed E-state index contributed by atoms with van der Waals surface area (Å²) in [5.41, 5.74) is 1.51. The highest BCUT2D eigenvalue weighted by Gasteiger charge is 2.10. The molecule has 0 aliphatic carbocycles. The molecular formula is C19H20ClN3O2S2. The van der Waals surface area contributed by atoms with E-state index in [1.807, 2.05) is 6.92 Å². The van der Waals surface area contributed by atoms with Crippen molar-refractivity contribution < 1.29 is 9.53 Å². The van der Waals surface area contributed by atoms with Crippen molar-refractivity contribution in [1.29, 1.82) is 0 Å². The van der Waals surface area contributed by atoms with Crippen LogP contribution in [0.1, 0.15) is 39.0 Å². The number of aryl methyl sites for hydroxylation is 2. The molecule has 0 unspecified atom stereocenters. The van der Waals surface area contributed by atoms with Gasteiger partial charge >= 0.3 is 0 Å². The molecule has 0 aliphatic heterocycles. The van der Waals surface area contributed by atoms with Crippen molar-refractivity contribution in [2.45, 2.75) is 32.8 Å². The monoisotopic (exact) mass is 421 g/mol. The smallest absolute Gasteiger partial charge is 0.270 e. The minimum atomic E-state index is -0.144. The second-order valence-corrected chi connectivity index (χ2v) is 8.29. The molecule has 0 aliphatic rings. The molecule has 0 fully saturated rings. The van der Waals surface area contributed by atoms with Crippen LogP contribution >= 0.6 is 34.3 Å². The molecule has 2 aromatic heterocycles. The van der Waals surface area contributed by atoms with Gasteiger partial charge in [0.1, 0.15) is 23.1 Å². The van der Waals surface area contributed by atoms with Gasteiger partial charge in [0.2, 0.25) is 0 Å². The van der Waals surface area contributed by atoms with E-state index in [4.69, 9.17) is 16.3 Å².